The fourth-order valence-electron chi connectivity index (χ4n) is 1.18. The van der Waals surface area contributed by atoms with Crippen molar-refractivity contribution in [2.45, 2.75) is 6.92 Å². The molecule has 1 aromatic carbocycles. The smallest absolute Gasteiger partial charge is 0.254 e. The molecule has 0 fully saturated rings. The first-order valence-electron chi connectivity index (χ1n) is 4.34. The Labute approximate surface area is 86.3 Å². The lowest BCUT2D eigenvalue weighted by atomic mass is 10.1. The van der Waals surface area contributed by atoms with Crippen LogP contribution in [0.25, 0.3) is 0 Å². The second kappa shape index (κ2) is 4.54. The van der Waals surface area contributed by atoms with Gasteiger partial charge in [0, 0.05) is 0 Å². The molecule has 0 heterocycles. The molecule has 5 heteroatoms. The molecular weight excluding hydrogens is 199 g/mol. The Morgan fingerprint density at radius 1 is 1.47 bits per heavy atom. The van der Waals surface area contributed by atoms with E-state index in [9.17, 15) is 14.0 Å². The first-order valence-corrected chi connectivity index (χ1v) is 4.34. The third-order valence-electron chi connectivity index (χ3n) is 1.87. The predicted molar refractivity (Wildman–Crippen MR) is 52.7 cm³/mol. The summed E-state index contributed by atoms with van der Waals surface area (Å²) < 4.78 is 13.2. The number of carbonyl (C=O) groups is 2. The van der Waals surface area contributed by atoms with Crippen LogP contribution in [0.3, 0.4) is 0 Å². The van der Waals surface area contributed by atoms with Crippen LogP contribution in [-0.2, 0) is 4.79 Å². The van der Waals surface area contributed by atoms with Crippen molar-refractivity contribution in [3.8, 4) is 0 Å². The van der Waals surface area contributed by atoms with Gasteiger partial charge in [0.1, 0.15) is 5.82 Å². The van der Waals surface area contributed by atoms with Gasteiger partial charge in [0.15, 0.2) is 0 Å². The van der Waals surface area contributed by atoms with Gasteiger partial charge in [0.25, 0.3) is 5.91 Å². The van der Waals surface area contributed by atoms with E-state index in [1.54, 1.807) is 13.0 Å². The molecule has 1 rings (SSSR count). The summed E-state index contributed by atoms with van der Waals surface area (Å²) in [7, 11) is 0. The fraction of sp³-hybridized carbons (Fsp3) is 0.200. The van der Waals surface area contributed by atoms with Crippen LogP contribution in [0.1, 0.15) is 15.9 Å². The molecule has 0 bridgehead atoms. The van der Waals surface area contributed by atoms with Crippen molar-refractivity contribution in [2.24, 2.45) is 5.73 Å². The van der Waals surface area contributed by atoms with Crippen molar-refractivity contribution in [1.82, 2.24) is 5.32 Å². The minimum Gasteiger partial charge on any atom is -0.368 e. The number of amides is 2. The number of hydrogen-bond donors (Lipinski definition) is 2. The van der Waals surface area contributed by atoms with Crippen LogP contribution in [0.5, 0.6) is 0 Å². The van der Waals surface area contributed by atoms with Crippen LogP contribution in [-0.4, -0.2) is 18.4 Å². The molecule has 0 aliphatic heterocycles. The summed E-state index contributed by atoms with van der Waals surface area (Å²) in [4.78, 5) is 21.9. The van der Waals surface area contributed by atoms with Gasteiger partial charge >= 0.3 is 0 Å². The van der Waals surface area contributed by atoms with E-state index in [1.165, 1.54) is 12.1 Å². The van der Waals surface area contributed by atoms with E-state index in [2.05, 4.69) is 5.32 Å². The van der Waals surface area contributed by atoms with Gasteiger partial charge in [-0.05, 0) is 18.6 Å². The molecule has 2 amide bonds. The minimum atomic E-state index is -0.669. The summed E-state index contributed by atoms with van der Waals surface area (Å²) in [5, 5.41) is 2.23. The van der Waals surface area contributed by atoms with Crippen molar-refractivity contribution < 1.29 is 14.0 Å². The van der Waals surface area contributed by atoms with Crippen LogP contribution in [0.15, 0.2) is 18.2 Å². The van der Waals surface area contributed by atoms with E-state index in [0.29, 0.717) is 5.56 Å². The Bertz CT molecular complexity index is 384. The SMILES string of the molecule is Cc1cccc(F)c1C(=O)NCC(N)=O. The highest BCUT2D eigenvalue weighted by atomic mass is 19.1. The zero-order chi connectivity index (χ0) is 11.4. The number of rotatable bonds is 3. The maximum Gasteiger partial charge on any atom is 0.254 e. The highest BCUT2D eigenvalue weighted by molar-refractivity contribution is 5.97. The van der Waals surface area contributed by atoms with Crippen molar-refractivity contribution in [3.05, 3.63) is 35.1 Å². The van der Waals surface area contributed by atoms with Gasteiger partial charge in [0.05, 0.1) is 12.1 Å². The van der Waals surface area contributed by atoms with Crippen LogP contribution < -0.4 is 11.1 Å². The third-order valence-corrected chi connectivity index (χ3v) is 1.87. The van der Waals surface area contributed by atoms with E-state index in [-0.39, 0.29) is 12.1 Å². The molecule has 1 aromatic rings. The van der Waals surface area contributed by atoms with E-state index in [1.807, 2.05) is 0 Å². The van der Waals surface area contributed by atoms with Crippen molar-refractivity contribution in [1.29, 1.82) is 0 Å². The molecule has 15 heavy (non-hydrogen) atoms. The van der Waals surface area contributed by atoms with Gasteiger partial charge in [-0.15, -0.1) is 0 Å². The van der Waals surface area contributed by atoms with Gasteiger partial charge in [-0.2, -0.15) is 0 Å². The second-order valence-corrected chi connectivity index (χ2v) is 3.08. The first-order chi connectivity index (χ1) is 7.02. The first kappa shape index (κ1) is 11.2. The highest BCUT2D eigenvalue weighted by Gasteiger charge is 2.14. The summed E-state index contributed by atoms with van der Waals surface area (Å²) in [6.07, 6.45) is 0. The summed E-state index contributed by atoms with van der Waals surface area (Å²) in [6, 6.07) is 4.31. The number of benzene rings is 1. The molecule has 0 unspecified atom stereocenters. The minimum absolute atomic E-state index is 0.0567. The molecule has 0 atom stereocenters. The molecule has 0 spiro atoms. The molecule has 4 nitrogen and oxygen atoms in total. The maximum absolute atomic E-state index is 13.2. The number of carbonyl (C=O) groups excluding carboxylic acids is 2. The number of nitrogens with one attached hydrogen (secondary N) is 1. The molecule has 80 valence electrons. The number of nitrogens with two attached hydrogens (primary N) is 1. The van der Waals surface area contributed by atoms with Gasteiger partial charge in [0.2, 0.25) is 5.91 Å². The van der Waals surface area contributed by atoms with E-state index >= 15 is 0 Å². The Morgan fingerprint density at radius 3 is 2.67 bits per heavy atom. The Kier molecular flexibility index (Phi) is 3.38. The summed E-state index contributed by atoms with van der Waals surface area (Å²) in [6.45, 7) is 1.31. The lowest BCUT2D eigenvalue weighted by Crippen LogP contribution is -2.34. The van der Waals surface area contributed by atoms with Gasteiger partial charge in [-0.3, -0.25) is 9.59 Å². The monoisotopic (exact) mass is 210 g/mol. The Hall–Kier alpha value is -1.91. The van der Waals surface area contributed by atoms with Crippen LogP contribution in [0.4, 0.5) is 4.39 Å². The Morgan fingerprint density at radius 2 is 2.13 bits per heavy atom. The van der Waals surface area contributed by atoms with Crippen molar-refractivity contribution >= 4 is 11.8 Å². The van der Waals surface area contributed by atoms with E-state index < -0.39 is 17.6 Å². The number of hydrogen-bond acceptors (Lipinski definition) is 2. The highest BCUT2D eigenvalue weighted by Crippen LogP contribution is 2.11. The molecule has 0 aliphatic carbocycles. The predicted octanol–water partition coefficient (Wildman–Crippen LogP) is 0.349. The summed E-state index contributed by atoms with van der Waals surface area (Å²) >= 11 is 0. The topological polar surface area (TPSA) is 72.2 Å². The summed E-state index contributed by atoms with van der Waals surface area (Å²) in [5.41, 5.74) is 5.30. The van der Waals surface area contributed by atoms with Crippen LogP contribution in [0.2, 0.25) is 0 Å². The van der Waals surface area contributed by atoms with Gasteiger partial charge in [-0.25, -0.2) is 4.39 Å². The fourth-order valence-corrected chi connectivity index (χ4v) is 1.18. The molecular formula is C10H11FN2O2. The summed E-state index contributed by atoms with van der Waals surface area (Å²) in [5.74, 6) is -1.92. The standard InChI is InChI=1S/C10H11FN2O2/c1-6-3-2-4-7(11)9(6)10(15)13-5-8(12)14/h2-4H,5H2,1H3,(H2,12,14)(H,13,15). The molecule has 0 aromatic heterocycles. The normalized spacial score (nSPS) is 9.73. The zero-order valence-corrected chi connectivity index (χ0v) is 8.21. The van der Waals surface area contributed by atoms with Crippen LogP contribution >= 0.6 is 0 Å². The Balaban J connectivity index is 2.86. The number of primary amides is 1. The van der Waals surface area contributed by atoms with Gasteiger partial charge < -0.3 is 11.1 Å². The van der Waals surface area contributed by atoms with E-state index in [0.717, 1.165) is 0 Å². The second-order valence-electron chi connectivity index (χ2n) is 3.08. The lowest BCUT2D eigenvalue weighted by Gasteiger charge is -2.06. The lowest BCUT2D eigenvalue weighted by molar-refractivity contribution is -0.117. The largest absolute Gasteiger partial charge is 0.368 e. The average molecular weight is 210 g/mol. The van der Waals surface area contributed by atoms with Crippen molar-refractivity contribution in [2.75, 3.05) is 6.54 Å². The maximum atomic E-state index is 13.2. The zero-order valence-electron chi connectivity index (χ0n) is 8.21. The molecule has 3 N–H and O–H groups in total. The number of halogens is 1. The van der Waals surface area contributed by atoms with Gasteiger partial charge in [-0.1, -0.05) is 12.1 Å². The van der Waals surface area contributed by atoms with E-state index in [4.69, 9.17) is 5.73 Å². The molecule has 0 aliphatic rings. The van der Waals surface area contributed by atoms with Crippen molar-refractivity contribution in [3.63, 3.8) is 0 Å². The third kappa shape index (κ3) is 2.77. The molecule has 0 saturated carbocycles. The quantitative estimate of drug-likeness (QED) is 0.755. The average Bonchev–Trinajstić information content (AvgIpc) is 2.14. The van der Waals surface area contributed by atoms with Crippen LogP contribution in [0, 0.1) is 12.7 Å². The molecule has 0 radical (unpaired) electrons. The number of aryl methyl sites for hydroxylation is 1. The molecule has 0 saturated heterocycles.